The minimum absolute atomic E-state index is 0.0895. The zero-order valence-electron chi connectivity index (χ0n) is 55.3. The lowest BCUT2D eigenvalue weighted by molar-refractivity contribution is -0.161. The summed E-state index contributed by atoms with van der Waals surface area (Å²) in [5.41, 5.74) is 0. The van der Waals surface area contributed by atoms with E-state index in [0.29, 0.717) is 19.3 Å². The van der Waals surface area contributed by atoms with Gasteiger partial charge in [0.2, 0.25) is 0 Å². The summed E-state index contributed by atoms with van der Waals surface area (Å²) in [6, 6.07) is 0. The van der Waals surface area contributed by atoms with Gasteiger partial charge in [0.15, 0.2) is 6.10 Å². The molecule has 0 rings (SSSR count). The summed E-state index contributed by atoms with van der Waals surface area (Å²) in [6.45, 7) is 2.38. The summed E-state index contributed by atoms with van der Waals surface area (Å²) in [5, 5.41) is 20.5. The molecule has 0 radical (unpaired) electrons. The number of carbonyl (C=O) groups is 3. The molecule has 16 nitrogen and oxygen atoms in total. The number of phosphoric ester groups is 2. The van der Waals surface area contributed by atoms with Crippen molar-refractivity contribution in [3.63, 3.8) is 0 Å². The van der Waals surface area contributed by atoms with E-state index < -0.39 is 91.5 Å². The van der Waals surface area contributed by atoms with Crippen molar-refractivity contribution in [1.29, 1.82) is 0 Å². The number of rotatable bonds is 64. The molecular formula is C71H122O16P2. The third-order valence-electron chi connectivity index (χ3n) is 14.0. The summed E-state index contributed by atoms with van der Waals surface area (Å²) in [7, 11) is -9.78. The van der Waals surface area contributed by atoms with Crippen LogP contribution >= 0.6 is 15.6 Å². The highest BCUT2D eigenvalue weighted by Gasteiger charge is 2.29. The van der Waals surface area contributed by atoms with Crippen LogP contribution in [0.4, 0.5) is 0 Å². The monoisotopic (exact) mass is 1290 g/mol. The lowest BCUT2D eigenvalue weighted by Gasteiger charge is -2.21. The van der Waals surface area contributed by atoms with E-state index in [4.69, 9.17) is 32.3 Å². The number of carbonyl (C=O) groups excluding carboxylic acids is 3. The Labute approximate surface area is 539 Å². The van der Waals surface area contributed by atoms with Crippen molar-refractivity contribution in [2.75, 3.05) is 39.6 Å². The molecule has 0 aliphatic heterocycles. The predicted octanol–water partition coefficient (Wildman–Crippen LogP) is 18.9. The lowest BCUT2D eigenvalue weighted by atomic mass is 10.1. The molecule has 0 aliphatic rings. The summed E-state index contributed by atoms with van der Waals surface area (Å²) in [4.78, 5) is 58.3. The van der Waals surface area contributed by atoms with Crippen LogP contribution in [0.5, 0.6) is 0 Å². The van der Waals surface area contributed by atoms with Gasteiger partial charge in [-0.1, -0.05) is 233 Å². The number of hydrogen-bond donors (Lipinski definition) is 4. The number of phosphoric acid groups is 2. The molecule has 512 valence electrons. The fourth-order valence-electron chi connectivity index (χ4n) is 8.78. The van der Waals surface area contributed by atoms with E-state index in [9.17, 15) is 43.5 Å². The fourth-order valence-corrected chi connectivity index (χ4v) is 10.4. The second kappa shape index (κ2) is 64.3. The maximum absolute atomic E-state index is 12.9. The van der Waals surface area contributed by atoms with Crippen LogP contribution in [0.25, 0.3) is 0 Å². The maximum Gasteiger partial charge on any atom is 0.472 e. The first-order valence-electron chi connectivity index (χ1n) is 34.2. The zero-order valence-corrected chi connectivity index (χ0v) is 57.1. The molecule has 4 N–H and O–H groups in total. The minimum atomic E-state index is -4.93. The molecule has 5 unspecified atom stereocenters. The molecule has 0 amide bonds. The van der Waals surface area contributed by atoms with Gasteiger partial charge in [0, 0.05) is 19.3 Å². The Kier molecular flexibility index (Phi) is 61.6. The highest BCUT2D eigenvalue weighted by molar-refractivity contribution is 7.47. The number of aliphatic hydroxyl groups is 2. The van der Waals surface area contributed by atoms with E-state index in [1.165, 1.54) is 51.4 Å². The van der Waals surface area contributed by atoms with E-state index in [0.717, 1.165) is 154 Å². The topological polar surface area (TPSA) is 231 Å². The van der Waals surface area contributed by atoms with Gasteiger partial charge < -0.3 is 34.2 Å². The molecule has 5 atom stereocenters. The third-order valence-corrected chi connectivity index (χ3v) is 15.9. The standard InChI is InChI=1S/C71H122O16P2/c1-4-7-10-13-16-19-22-25-27-28-29-30-31-32-33-34-35-36-38-41-42-45-48-51-54-57-69(74)81-60-66(72)61-83-88(77,78)84-62-67(73)63-85-89(79,80)86-65-68(87-71(76)59-56-53-50-47-44-39-24-21-18-15-12-9-6-3)64-82-70(75)58-55-52-49-46-43-40-37-26-23-20-17-14-11-8-5-2/h7-8,10-11,16-17,19-21,24-27,29-30,32-33,37,66-68,72-73H,4-6,9,12-15,18,22-23,28,31,34-36,38-65H2,1-3H3,(H,77,78)(H,79,80)/b10-7-,11-8-,19-16-,20-17-,24-21-,27-25-,30-29-,33-32-,37-26-. The van der Waals surface area contributed by atoms with Gasteiger partial charge in [0.05, 0.1) is 26.4 Å². The van der Waals surface area contributed by atoms with E-state index in [1.807, 2.05) is 0 Å². The summed E-state index contributed by atoms with van der Waals surface area (Å²) >= 11 is 0. The van der Waals surface area contributed by atoms with Crippen LogP contribution in [0.1, 0.15) is 265 Å². The van der Waals surface area contributed by atoms with Gasteiger partial charge in [-0.3, -0.25) is 32.5 Å². The van der Waals surface area contributed by atoms with Gasteiger partial charge >= 0.3 is 33.6 Å². The van der Waals surface area contributed by atoms with Crippen molar-refractivity contribution in [3.05, 3.63) is 109 Å². The SMILES string of the molecule is CC/C=C\C/C=C\C/C=C\C/C=C\C/C=C\CCCCCCCCCCCC(=O)OCC(O)COP(=O)(O)OCC(O)COP(=O)(O)OCC(COC(=O)CCCCCCC/C=C\C/C=C\C/C=C\CC)OC(=O)CCCCCCC/C=C\CCCCCC. The Bertz CT molecular complexity index is 2060. The molecule has 0 spiro atoms. The van der Waals surface area contributed by atoms with Crippen molar-refractivity contribution in [2.24, 2.45) is 0 Å². The van der Waals surface area contributed by atoms with Gasteiger partial charge in [-0.15, -0.1) is 0 Å². The van der Waals surface area contributed by atoms with Crippen LogP contribution in [0, 0.1) is 0 Å². The van der Waals surface area contributed by atoms with Crippen LogP contribution in [-0.4, -0.2) is 95.9 Å². The summed E-state index contributed by atoms with van der Waals surface area (Å²) < 4.78 is 60.8. The first-order chi connectivity index (χ1) is 43.2. The average molecular weight is 1290 g/mol. The molecule has 0 fully saturated rings. The number of hydrogen-bond acceptors (Lipinski definition) is 14. The highest BCUT2D eigenvalue weighted by Crippen LogP contribution is 2.45. The molecule has 0 aromatic carbocycles. The van der Waals surface area contributed by atoms with E-state index in [-0.39, 0.29) is 19.3 Å². The number of esters is 3. The van der Waals surface area contributed by atoms with E-state index in [1.54, 1.807) is 0 Å². The first-order valence-corrected chi connectivity index (χ1v) is 37.2. The van der Waals surface area contributed by atoms with Crippen LogP contribution in [0.2, 0.25) is 0 Å². The van der Waals surface area contributed by atoms with Gasteiger partial charge in [0.1, 0.15) is 25.4 Å². The van der Waals surface area contributed by atoms with Crippen LogP contribution in [0.3, 0.4) is 0 Å². The van der Waals surface area contributed by atoms with Gasteiger partial charge in [0.25, 0.3) is 0 Å². The zero-order chi connectivity index (χ0) is 65.3. The van der Waals surface area contributed by atoms with Crippen molar-refractivity contribution in [3.8, 4) is 0 Å². The number of ether oxygens (including phenoxy) is 3. The Morgan fingerprint density at radius 2 is 0.596 bits per heavy atom. The number of allylic oxidation sites excluding steroid dienone is 18. The van der Waals surface area contributed by atoms with Crippen LogP contribution in [-0.2, 0) is 55.8 Å². The van der Waals surface area contributed by atoms with Crippen LogP contribution < -0.4 is 0 Å². The molecule has 0 aliphatic carbocycles. The second-order valence-corrected chi connectivity index (χ2v) is 25.5. The van der Waals surface area contributed by atoms with Crippen molar-refractivity contribution >= 4 is 33.6 Å². The largest absolute Gasteiger partial charge is 0.472 e. The van der Waals surface area contributed by atoms with Crippen molar-refractivity contribution < 1.29 is 75.8 Å². The molecule has 0 aromatic heterocycles. The first kappa shape index (κ1) is 85.2. The molecule has 0 saturated heterocycles. The van der Waals surface area contributed by atoms with E-state index in [2.05, 4.69) is 130 Å². The van der Waals surface area contributed by atoms with E-state index >= 15 is 0 Å². The van der Waals surface area contributed by atoms with Gasteiger partial charge in [-0.05, 0) is 122 Å². The third kappa shape index (κ3) is 65.5. The lowest BCUT2D eigenvalue weighted by Crippen LogP contribution is -2.30. The number of aliphatic hydroxyl groups excluding tert-OH is 2. The molecule has 0 aromatic rings. The Balaban J connectivity index is 4.55. The predicted molar refractivity (Wildman–Crippen MR) is 362 cm³/mol. The minimum Gasteiger partial charge on any atom is -0.463 e. The maximum atomic E-state index is 12.9. The Morgan fingerprint density at radius 1 is 0.326 bits per heavy atom. The van der Waals surface area contributed by atoms with Crippen molar-refractivity contribution in [1.82, 2.24) is 0 Å². The average Bonchev–Trinajstić information content (AvgIpc) is 3.70. The second-order valence-electron chi connectivity index (χ2n) is 22.6. The quantitative estimate of drug-likeness (QED) is 0.0146. The fraction of sp³-hybridized carbons (Fsp3) is 0.704. The highest BCUT2D eigenvalue weighted by atomic mass is 31.2. The Morgan fingerprint density at radius 3 is 0.955 bits per heavy atom. The molecular weight excluding hydrogens is 1170 g/mol. The summed E-state index contributed by atoms with van der Waals surface area (Å²) in [5.74, 6) is -1.61. The summed E-state index contributed by atoms with van der Waals surface area (Å²) in [6.07, 6.45) is 71.5. The van der Waals surface area contributed by atoms with Gasteiger partial charge in [-0.2, -0.15) is 0 Å². The van der Waals surface area contributed by atoms with Gasteiger partial charge in [-0.25, -0.2) is 9.13 Å². The number of unbranched alkanes of at least 4 members (excludes halogenated alkanes) is 23. The molecule has 89 heavy (non-hydrogen) atoms. The molecule has 0 bridgehead atoms. The Hall–Kier alpha value is -3.79. The molecule has 18 heteroatoms. The van der Waals surface area contributed by atoms with Crippen LogP contribution in [0.15, 0.2) is 109 Å². The van der Waals surface area contributed by atoms with Crippen molar-refractivity contribution in [2.45, 2.75) is 283 Å². The molecule has 0 saturated carbocycles. The smallest absolute Gasteiger partial charge is 0.463 e. The normalized spacial score (nSPS) is 14.9. The molecule has 0 heterocycles.